The molecule has 5 nitrogen and oxygen atoms in total. The van der Waals surface area contributed by atoms with Crippen LogP contribution in [0.2, 0.25) is 10.0 Å². The highest BCUT2D eigenvalue weighted by molar-refractivity contribution is 7.89. The Morgan fingerprint density at radius 3 is 2.46 bits per heavy atom. The Morgan fingerprint density at radius 2 is 1.79 bits per heavy atom. The maximum Gasteiger partial charge on any atom is 0.253 e. The lowest BCUT2D eigenvalue weighted by Gasteiger charge is -2.26. The molecule has 0 saturated carbocycles. The smallest absolute Gasteiger partial charge is 0.253 e. The lowest BCUT2D eigenvalue weighted by molar-refractivity contribution is 0.0785. The summed E-state index contributed by atoms with van der Waals surface area (Å²) >= 11 is 12.1. The van der Waals surface area contributed by atoms with Crippen molar-refractivity contribution in [3.05, 3.63) is 63.6 Å². The number of rotatable bonds is 5. The first-order valence-electron chi connectivity index (χ1n) is 9.08. The summed E-state index contributed by atoms with van der Waals surface area (Å²) in [4.78, 5) is 14.5. The molecule has 0 bridgehead atoms. The molecule has 1 aliphatic heterocycles. The van der Waals surface area contributed by atoms with E-state index in [0.29, 0.717) is 28.7 Å². The Labute approximate surface area is 175 Å². The largest absolute Gasteiger partial charge is 0.337 e. The molecule has 1 aliphatic rings. The Hall–Kier alpha value is -1.60. The molecule has 1 heterocycles. The standard InChI is InChI=1S/C20H22Cl2N2O3S/c1-23(14-16-8-9-17(21)13-19(16)22)20(25)15-6-5-7-18(12-15)28(26,27)24-10-3-2-4-11-24/h5-9,12-13H,2-4,10-11,14H2,1H3. The number of sulfonamides is 1. The fourth-order valence-electron chi connectivity index (χ4n) is 3.24. The zero-order chi connectivity index (χ0) is 20.3. The van der Waals surface area contributed by atoms with Gasteiger partial charge in [-0.3, -0.25) is 4.79 Å². The molecule has 2 aromatic rings. The average Bonchev–Trinajstić information content (AvgIpc) is 2.70. The van der Waals surface area contributed by atoms with Gasteiger partial charge in [0.2, 0.25) is 10.0 Å². The molecule has 8 heteroatoms. The van der Waals surface area contributed by atoms with Gasteiger partial charge in [0.1, 0.15) is 0 Å². The van der Waals surface area contributed by atoms with Crippen molar-refractivity contribution in [2.45, 2.75) is 30.7 Å². The van der Waals surface area contributed by atoms with Crippen LogP contribution in [0.1, 0.15) is 35.2 Å². The number of benzene rings is 2. The van der Waals surface area contributed by atoms with Crippen LogP contribution in [0.25, 0.3) is 0 Å². The summed E-state index contributed by atoms with van der Waals surface area (Å²) in [6, 6.07) is 11.3. The molecule has 1 saturated heterocycles. The van der Waals surface area contributed by atoms with Gasteiger partial charge in [-0.15, -0.1) is 0 Å². The third-order valence-corrected chi connectivity index (χ3v) is 7.28. The zero-order valence-corrected chi connectivity index (χ0v) is 17.9. The molecule has 0 N–H and O–H groups in total. The van der Waals surface area contributed by atoms with E-state index in [9.17, 15) is 13.2 Å². The molecule has 0 atom stereocenters. The van der Waals surface area contributed by atoms with Gasteiger partial charge >= 0.3 is 0 Å². The summed E-state index contributed by atoms with van der Waals surface area (Å²) in [6.45, 7) is 1.34. The van der Waals surface area contributed by atoms with Crippen molar-refractivity contribution in [1.29, 1.82) is 0 Å². The quantitative estimate of drug-likeness (QED) is 0.690. The van der Waals surface area contributed by atoms with Crippen LogP contribution in [0.3, 0.4) is 0 Å². The highest BCUT2D eigenvalue weighted by atomic mass is 35.5. The van der Waals surface area contributed by atoms with Crippen LogP contribution in [0.15, 0.2) is 47.4 Å². The summed E-state index contributed by atoms with van der Waals surface area (Å²) < 4.78 is 27.2. The van der Waals surface area contributed by atoms with Gasteiger partial charge in [0.05, 0.1) is 4.90 Å². The molecule has 3 rings (SSSR count). The normalized spacial score (nSPS) is 15.4. The topological polar surface area (TPSA) is 57.7 Å². The first kappa shape index (κ1) is 21.1. The van der Waals surface area contributed by atoms with Gasteiger partial charge in [0.15, 0.2) is 0 Å². The zero-order valence-electron chi connectivity index (χ0n) is 15.6. The third-order valence-electron chi connectivity index (χ3n) is 4.80. The fraction of sp³-hybridized carbons (Fsp3) is 0.350. The van der Waals surface area contributed by atoms with Gasteiger partial charge in [-0.1, -0.05) is 41.8 Å². The van der Waals surface area contributed by atoms with Gasteiger partial charge in [0.25, 0.3) is 5.91 Å². The molecule has 1 fully saturated rings. The van der Waals surface area contributed by atoms with Crippen molar-refractivity contribution < 1.29 is 13.2 Å². The number of carbonyl (C=O) groups excluding carboxylic acids is 1. The van der Waals surface area contributed by atoms with E-state index in [1.54, 1.807) is 37.4 Å². The Balaban J connectivity index is 1.79. The predicted octanol–water partition coefficient (Wildman–Crippen LogP) is 4.44. The lowest BCUT2D eigenvalue weighted by Crippen LogP contribution is -2.35. The van der Waals surface area contributed by atoms with E-state index in [4.69, 9.17) is 23.2 Å². The van der Waals surface area contributed by atoms with E-state index in [-0.39, 0.29) is 17.3 Å². The number of hydrogen-bond donors (Lipinski definition) is 0. The minimum Gasteiger partial charge on any atom is -0.337 e. The molecule has 2 aromatic carbocycles. The second-order valence-electron chi connectivity index (χ2n) is 6.89. The minimum atomic E-state index is -3.59. The molecule has 0 unspecified atom stereocenters. The molecular weight excluding hydrogens is 419 g/mol. The predicted molar refractivity (Wildman–Crippen MR) is 111 cm³/mol. The summed E-state index contributed by atoms with van der Waals surface area (Å²) in [5.74, 6) is -0.276. The van der Waals surface area contributed by atoms with E-state index in [1.807, 2.05) is 0 Å². The van der Waals surface area contributed by atoms with E-state index in [2.05, 4.69) is 0 Å². The molecule has 1 amide bonds. The average molecular weight is 441 g/mol. The number of carbonyl (C=O) groups is 1. The fourth-order valence-corrected chi connectivity index (χ4v) is 5.27. The lowest BCUT2D eigenvalue weighted by atomic mass is 10.1. The maximum absolute atomic E-state index is 12.9. The highest BCUT2D eigenvalue weighted by Crippen LogP contribution is 2.24. The van der Waals surface area contributed by atoms with E-state index in [0.717, 1.165) is 24.8 Å². The SMILES string of the molecule is CN(Cc1ccc(Cl)cc1Cl)C(=O)c1cccc(S(=O)(=O)N2CCCCC2)c1. The van der Waals surface area contributed by atoms with Gasteiger partial charge in [-0.05, 0) is 48.7 Å². The molecule has 0 aliphatic carbocycles. The molecule has 150 valence electrons. The van der Waals surface area contributed by atoms with Crippen molar-refractivity contribution in [3.8, 4) is 0 Å². The second kappa shape index (κ2) is 8.82. The van der Waals surface area contributed by atoms with Crippen LogP contribution in [-0.4, -0.2) is 43.7 Å². The molecule has 0 aromatic heterocycles. The number of nitrogens with zero attached hydrogens (tertiary/aromatic N) is 2. The summed E-state index contributed by atoms with van der Waals surface area (Å²) in [5, 5.41) is 1.01. The Bertz CT molecular complexity index is 973. The van der Waals surface area contributed by atoms with E-state index < -0.39 is 10.0 Å². The van der Waals surface area contributed by atoms with Gasteiger partial charge in [-0.25, -0.2) is 8.42 Å². The number of halogens is 2. The van der Waals surface area contributed by atoms with Gasteiger partial charge in [0, 0.05) is 42.3 Å². The van der Waals surface area contributed by atoms with Crippen LogP contribution in [0.5, 0.6) is 0 Å². The Kier molecular flexibility index (Phi) is 6.65. The van der Waals surface area contributed by atoms with Gasteiger partial charge < -0.3 is 4.90 Å². The van der Waals surface area contributed by atoms with Gasteiger partial charge in [-0.2, -0.15) is 4.31 Å². The minimum absolute atomic E-state index is 0.151. The van der Waals surface area contributed by atoms with Crippen molar-refractivity contribution in [2.24, 2.45) is 0 Å². The summed E-state index contributed by atoms with van der Waals surface area (Å²) in [6.07, 6.45) is 2.77. The van der Waals surface area contributed by atoms with Crippen LogP contribution in [0.4, 0.5) is 0 Å². The first-order valence-corrected chi connectivity index (χ1v) is 11.3. The number of amides is 1. The third kappa shape index (κ3) is 4.69. The van der Waals surface area contributed by atoms with E-state index >= 15 is 0 Å². The maximum atomic E-state index is 12.9. The first-order chi connectivity index (χ1) is 13.3. The molecule has 0 spiro atoms. The van der Waals surface area contributed by atoms with Crippen LogP contribution >= 0.6 is 23.2 Å². The Morgan fingerprint density at radius 1 is 1.07 bits per heavy atom. The van der Waals surface area contributed by atoms with Crippen molar-refractivity contribution in [2.75, 3.05) is 20.1 Å². The van der Waals surface area contributed by atoms with Crippen LogP contribution < -0.4 is 0 Å². The summed E-state index contributed by atoms with van der Waals surface area (Å²) in [7, 11) is -1.94. The molecule has 28 heavy (non-hydrogen) atoms. The monoisotopic (exact) mass is 440 g/mol. The van der Waals surface area contributed by atoms with Crippen LogP contribution in [-0.2, 0) is 16.6 Å². The van der Waals surface area contributed by atoms with Crippen molar-refractivity contribution >= 4 is 39.1 Å². The van der Waals surface area contributed by atoms with E-state index in [1.165, 1.54) is 21.3 Å². The highest BCUT2D eigenvalue weighted by Gasteiger charge is 2.26. The number of hydrogen-bond acceptors (Lipinski definition) is 3. The van der Waals surface area contributed by atoms with Crippen molar-refractivity contribution in [1.82, 2.24) is 9.21 Å². The molecule has 0 radical (unpaired) electrons. The molecular formula is C20H22Cl2N2O3S. The second-order valence-corrected chi connectivity index (χ2v) is 9.67. The number of piperidine rings is 1. The van der Waals surface area contributed by atoms with Crippen molar-refractivity contribution in [3.63, 3.8) is 0 Å². The summed E-state index contributed by atoms with van der Waals surface area (Å²) in [5.41, 5.74) is 1.09. The van der Waals surface area contributed by atoms with Crippen LogP contribution in [0, 0.1) is 0 Å².